The number of nitriles is 1. The number of carbonyl (C=O) groups excluding carboxylic acids is 1. The van der Waals surface area contributed by atoms with Gasteiger partial charge in [-0.05, 0) is 42.0 Å². The van der Waals surface area contributed by atoms with Gasteiger partial charge in [-0.3, -0.25) is 14.9 Å². The summed E-state index contributed by atoms with van der Waals surface area (Å²) in [6.45, 7) is 0. The third-order valence-electron chi connectivity index (χ3n) is 3.23. The maximum absolute atomic E-state index is 12.2. The van der Waals surface area contributed by atoms with E-state index in [1.807, 2.05) is 0 Å². The van der Waals surface area contributed by atoms with E-state index in [9.17, 15) is 19.7 Å². The highest BCUT2D eigenvalue weighted by molar-refractivity contribution is 6.32. The van der Waals surface area contributed by atoms with Crippen LogP contribution in [0.3, 0.4) is 0 Å². The number of nitrogens with one attached hydrogen (secondary N) is 1. The van der Waals surface area contributed by atoms with Gasteiger partial charge in [-0.2, -0.15) is 5.26 Å². The fourth-order valence-corrected chi connectivity index (χ4v) is 2.16. The van der Waals surface area contributed by atoms with Crippen LogP contribution >= 0.6 is 11.6 Å². The summed E-state index contributed by atoms with van der Waals surface area (Å²) in [7, 11) is 0. The Morgan fingerprint density at radius 3 is 2.42 bits per heavy atom. The van der Waals surface area contributed by atoms with Crippen LogP contribution in [0.1, 0.15) is 15.9 Å². The molecule has 9 heteroatoms. The molecule has 0 spiro atoms. The number of nitro benzene ring substituents is 1. The molecule has 1 amide bonds. The molecule has 0 atom stereocenters. The van der Waals surface area contributed by atoms with E-state index in [0.29, 0.717) is 5.69 Å². The van der Waals surface area contributed by atoms with E-state index in [4.69, 9.17) is 22.0 Å². The Balaban J connectivity index is 2.24. The molecule has 0 radical (unpaired) electrons. The van der Waals surface area contributed by atoms with Gasteiger partial charge in [0.25, 0.3) is 11.6 Å². The summed E-state index contributed by atoms with van der Waals surface area (Å²) in [4.78, 5) is 33.2. The zero-order valence-electron chi connectivity index (χ0n) is 13.0. The summed E-state index contributed by atoms with van der Waals surface area (Å²) < 4.78 is 0. The SMILES string of the molecule is N#C/C(=C\c1ccc(Cl)c([N+](=O)[O-])c1)C(=O)Nc1ccc(C(=O)O)cc1. The van der Waals surface area contributed by atoms with Crippen LogP contribution in [0.15, 0.2) is 48.0 Å². The molecule has 0 aliphatic rings. The Morgan fingerprint density at radius 2 is 1.88 bits per heavy atom. The van der Waals surface area contributed by atoms with Crippen LogP contribution in [0.5, 0.6) is 0 Å². The second-order valence-corrected chi connectivity index (χ2v) is 5.38. The Morgan fingerprint density at radius 1 is 1.23 bits per heavy atom. The molecule has 0 bridgehead atoms. The summed E-state index contributed by atoms with van der Waals surface area (Å²) >= 11 is 5.72. The first-order valence-electron chi connectivity index (χ1n) is 7.02. The van der Waals surface area contributed by atoms with Crippen LogP contribution in [0.4, 0.5) is 11.4 Å². The molecule has 2 N–H and O–H groups in total. The molecule has 2 aromatic rings. The minimum Gasteiger partial charge on any atom is -0.478 e. The summed E-state index contributed by atoms with van der Waals surface area (Å²) in [5.74, 6) is -1.85. The van der Waals surface area contributed by atoms with E-state index in [1.54, 1.807) is 6.07 Å². The monoisotopic (exact) mass is 371 g/mol. The molecule has 0 fully saturated rings. The number of benzene rings is 2. The number of aromatic carboxylic acids is 1. The molecule has 2 rings (SSSR count). The second kappa shape index (κ2) is 7.92. The summed E-state index contributed by atoms with van der Waals surface area (Å²) in [6, 6.07) is 11.0. The number of amides is 1. The van der Waals surface area contributed by atoms with Crippen molar-refractivity contribution in [1.82, 2.24) is 0 Å². The lowest BCUT2D eigenvalue weighted by Gasteiger charge is -2.05. The van der Waals surface area contributed by atoms with Crippen LogP contribution in [-0.4, -0.2) is 21.9 Å². The molecule has 0 saturated carbocycles. The van der Waals surface area contributed by atoms with Gasteiger partial charge in [-0.25, -0.2) is 4.79 Å². The molecule has 8 nitrogen and oxygen atoms in total. The highest BCUT2D eigenvalue weighted by Gasteiger charge is 2.14. The highest BCUT2D eigenvalue weighted by atomic mass is 35.5. The van der Waals surface area contributed by atoms with Gasteiger partial charge in [0, 0.05) is 11.8 Å². The van der Waals surface area contributed by atoms with Crippen molar-refractivity contribution in [1.29, 1.82) is 5.26 Å². The van der Waals surface area contributed by atoms with Crippen molar-refractivity contribution in [3.63, 3.8) is 0 Å². The number of hydrogen-bond donors (Lipinski definition) is 2. The fraction of sp³-hybridized carbons (Fsp3) is 0. The lowest BCUT2D eigenvalue weighted by molar-refractivity contribution is -0.384. The van der Waals surface area contributed by atoms with Gasteiger partial charge in [-0.1, -0.05) is 17.7 Å². The van der Waals surface area contributed by atoms with Crippen LogP contribution in [0.2, 0.25) is 5.02 Å². The van der Waals surface area contributed by atoms with E-state index in [0.717, 1.165) is 6.07 Å². The summed E-state index contributed by atoms with van der Waals surface area (Å²) in [5, 5.41) is 31.3. The Bertz CT molecular complexity index is 961. The van der Waals surface area contributed by atoms with Crippen molar-refractivity contribution in [2.24, 2.45) is 0 Å². The van der Waals surface area contributed by atoms with E-state index >= 15 is 0 Å². The van der Waals surface area contributed by atoms with Crippen molar-refractivity contribution in [3.8, 4) is 6.07 Å². The first-order valence-corrected chi connectivity index (χ1v) is 7.40. The Labute approximate surface area is 152 Å². The van der Waals surface area contributed by atoms with Gasteiger partial charge in [0.15, 0.2) is 0 Å². The zero-order valence-corrected chi connectivity index (χ0v) is 13.7. The number of carboxylic acids is 1. The molecule has 130 valence electrons. The molecule has 2 aromatic carbocycles. The Hall–Kier alpha value is -3.70. The van der Waals surface area contributed by atoms with Crippen LogP contribution in [-0.2, 0) is 4.79 Å². The van der Waals surface area contributed by atoms with Crippen molar-refractivity contribution in [3.05, 3.63) is 74.3 Å². The lowest BCUT2D eigenvalue weighted by Crippen LogP contribution is -2.13. The van der Waals surface area contributed by atoms with E-state index in [-0.39, 0.29) is 27.4 Å². The number of halogens is 1. The smallest absolute Gasteiger partial charge is 0.335 e. The maximum atomic E-state index is 12.2. The van der Waals surface area contributed by atoms with Crippen molar-refractivity contribution in [2.75, 3.05) is 5.32 Å². The molecule has 0 aliphatic heterocycles. The number of anilines is 1. The third-order valence-corrected chi connectivity index (χ3v) is 3.55. The lowest BCUT2D eigenvalue weighted by atomic mass is 10.1. The van der Waals surface area contributed by atoms with Gasteiger partial charge >= 0.3 is 5.97 Å². The average Bonchev–Trinajstić information content (AvgIpc) is 2.61. The first kappa shape index (κ1) is 18.6. The zero-order chi connectivity index (χ0) is 19.3. The number of nitrogens with zero attached hydrogens (tertiary/aromatic N) is 2. The number of nitro groups is 1. The first-order chi connectivity index (χ1) is 12.3. The van der Waals surface area contributed by atoms with Crippen LogP contribution < -0.4 is 5.32 Å². The molecule has 0 saturated heterocycles. The number of hydrogen-bond acceptors (Lipinski definition) is 5. The number of rotatable bonds is 5. The predicted molar refractivity (Wildman–Crippen MR) is 93.7 cm³/mol. The van der Waals surface area contributed by atoms with E-state index < -0.39 is 16.8 Å². The predicted octanol–water partition coefficient (Wildman–Crippen LogP) is 3.49. The molecule has 0 heterocycles. The minimum atomic E-state index is -1.11. The van der Waals surface area contributed by atoms with Gasteiger partial charge in [0.05, 0.1) is 10.5 Å². The van der Waals surface area contributed by atoms with Crippen molar-refractivity contribution >= 4 is 40.9 Å². The summed E-state index contributed by atoms with van der Waals surface area (Å²) in [5.41, 5.74) is -0.0314. The Kier molecular flexibility index (Phi) is 5.67. The minimum absolute atomic E-state index is 0.0486. The third kappa shape index (κ3) is 4.43. The van der Waals surface area contributed by atoms with Crippen LogP contribution in [0.25, 0.3) is 6.08 Å². The molecular weight excluding hydrogens is 362 g/mol. The van der Waals surface area contributed by atoms with E-state index in [2.05, 4.69) is 5.32 Å². The fourth-order valence-electron chi connectivity index (χ4n) is 1.97. The normalized spacial score (nSPS) is 10.7. The quantitative estimate of drug-likeness (QED) is 0.357. The molecule has 0 aliphatic carbocycles. The maximum Gasteiger partial charge on any atom is 0.335 e. The summed E-state index contributed by atoms with van der Waals surface area (Å²) in [6.07, 6.45) is 1.18. The molecule has 26 heavy (non-hydrogen) atoms. The van der Waals surface area contributed by atoms with Gasteiger partial charge in [0.1, 0.15) is 16.7 Å². The molecular formula is C17H10ClN3O5. The number of carbonyl (C=O) groups is 2. The topological polar surface area (TPSA) is 133 Å². The standard InChI is InChI=1S/C17H10ClN3O5/c18-14-6-1-10(8-15(14)21(25)26)7-12(9-19)16(22)20-13-4-2-11(3-5-13)17(23)24/h1-8H,(H,20,22)(H,23,24)/b12-7+. The average molecular weight is 372 g/mol. The van der Waals surface area contributed by atoms with Crippen molar-refractivity contribution in [2.45, 2.75) is 0 Å². The highest BCUT2D eigenvalue weighted by Crippen LogP contribution is 2.26. The largest absolute Gasteiger partial charge is 0.478 e. The molecule has 0 aromatic heterocycles. The van der Waals surface area contributed by atoms with Gasteiger partial charge in [0.2, 0.25) is 0 Å². The van der Waals surface area contributed by atoms with Crippen LogP contribution in [0, 0.1) is 21.4 Å². The molecule has 0 unspecified atom stereocenters. The number of carboxylic acid groups (broad SMARTS) is 1. The second-order valence-electron chi connectivity index (χ2n) is 4.97. The van der Waals surface area contributed by atoms with E-state index in [1.165, 1.54) is 42.5 Å². The van der Waals surface area contributed by atoms with Gasteiger partial charge < -0.3 is 10.4 Å². The van der Waals surface area contributed by atoms with Gasteiger partial charge in [-0.15, -0.1) is 0 Å². The van der Waals surface area contributed by atoms with Crippen molar-refractivity contribution < 1.29 is 19.6 Å².